The van der Waals surface area contributed by atoms with Crippen LogP contribution in [0, 0.1) is 11.6 Å². The van der Waals surface area contributed by atoms with Gasteiger partial charge in [-0.25, -0.2) is 8.78 Å². The van der Waals surface area contributed by atoms with Gasteiger partial charge in [0.2, 0.25) is 0 Å². The van der Waals surface area contributed by atoms with Gasteiger partial charge in [0.15, 0.2) is 0 Å². The Bertz CT molecular complexity index is 980. The largest absolute Gasteiger partial charge is 0.416 e. The summed E-state index contributed by atoms with van der Waals surface area (Å²) in [7, 11) is 1.81. The molecule has 1 atom stereocenters. The van der Waals surface area contributed by atoms with Crippen molar-refractivity contribution < 1.29 is 39.9 Å². The summed E-state index contributed by atoms with van der Waals surface area (Å²) in [6.07, 6.45) is -10.2. The first kappa shape index (κ1) is 25.7. The molecule has 1 amide bonds. The lowest BCUT2D eigenvalue weighted by molar-refractivity contribution is -0.143. The van der Waals surface area contributed by atoms with Gasteiger partial charge in [-0.05, 0) is 37.4 Å². The van der Waals surface area contributed by atoms with E-state index >= 15 is 0 Å². The van der Waals surface area contributed by atoms with E-state index in [9.17, 15) is 39.9 Å². The number of amides is 1. The van der Waals surface area contributed by atoms with Crippen molar-refractivity contribution in [1.29, 1.82) is 0 Å². The number of hydrogen-bond donors (Lipinski definition) is 2. The molecule has 2 N–H and O–H groups in total. The van der Waals surface area contributed by atoms with Crippen LogP contribution in [-0.4, -0.2) is 48.9 Å². The van der Waals surface area contributed by atoms with E-state index in [1.165, 1.54) is 4.90 Å². The molecule has 34 heavy (non-hydrogen) atoms. The zero-order chi connectivity index (χ0) is 25.3. The first-order valence-electron chi connectivity index (χ1n) is 9.99. The van der Waals surface area contributed by atoms with E-state index in [-0.39, 0.29) is 19.2 Å². The lowest BCUT2D eigenvalue weighted by Gasteiger charge is -2.37. The van der Waals surface area contributed by atoms with Crippen molar-refractivity contribution in [3.63, 3.8) is 0 Å². The zero-order valence-corrected chi connectivity index (χ0v) is 17.7. The molecular weight excluding hydrogens is 476 g/mol. The van der Waals surface area contributed by atoms with Crippen LogP contribution < -0.4 is 10.9 Å². The Labute approximate surface area is 189 Å². The molecule has 2 aromatic carbocycles. The second-order valence-electron chi connectivity index (χ2n) is 7.79. The van der Waals surface area contributed by atoms with Crippen molar-refractivity contribution in [1.82, 2.24) is 15.2 Å². The van der Waals surface area contributed by atoms with Gasteiger partial charge < -0.3 is 4.90 Å². The molecule has 0 spiro atoms. The number of piperazine rings is 1. The molecule has 186 valence electrons. The summed E-state index contributed by atoms with van der Waals surface area (Å²) in [6.45, 7) is 1.42. The fraction of sp³-hybridized carbons (Fsp3) is 0.381. The molecule has 13 heteroatoms. The molecule has 0 radical (unpaired) electrons. The maximum Gasteiger partial charge on any atom is 0.416 e. The Morgan fingerprint density at radius 2 is 1.38 bits per heavy atom. The molecule has 0 aliphatic carbocycles. The molecule has 0 aromatic heterocycles. The van der Waals surface area contributed by atoms with Gasteiger partial charge in [-0.2, -0.15) is 26.3 Å². The lowest BCUT2D eigenvalue weighted by atomic mass is 10.0. The number of benzene rings is 2. The molecule has 3 rings (SSSR count). The Kier molecular flexibility index (Phi) is 7.36. The monoisotopic (exact) mass is 496 g/mol. The normalized spacial score (nSPS) is 16.9. The van der Waals surface area contributed by atoms with Gasteiger partial charge in [0.05, 0.1) is 22.4 Å². The van der Waals surface area contributed by atoms with Crippen LogP contribution in [0.25, 0.3) is 0 Å². The predicted octanol–water partition coefficient (Wildman–Crippen LogP) is 4.43. The van der Waals surface area contributed by atoms with E-state index in [0.717, 1.165) is 18.2 Å². The topological polar surface area (TPSA) is 47.6 Å². The smallest absolute Gasteiger partial charge is 0.304 e. The van der Waals surface area contributed by atoms with Gasteiger partial charge >= 0.3 is 12.4 Å². The molecule has 1 unspecified atom stereocenters. The molecule has 5 nitrogen and oxygen atoms in total. The highest BCUT2D eigenvalue weighted by Gasteiger charge is 2.38. The van der Waals surface area contributed by atoms with E-state index in [4.69, 9.17) is 0 Å². The molecule has 1 aliphatic rings. The third-order valence-electron chi connectivity index (χ3n) is 5.34. The summed E-state index contributed by atoms with van der Waals surface area (Å²) >= 11 is 0. The Balaban J connectivity index is 1.90. The highest BCUT2D eigenvalue weighted by Crippen LogP contribution is 2.37. The van der Waals surface area contributed by atoms with Crippen LogP contribution in [0.1, 0.15) is 22.7 Å². The van der Waals surface area contributed by atoms with E-state index in [1.54, 1.807) is 0 Å². The SMILES string of the molecule is CN1CCN(C(C(=O)NNc2cc(C(F)(F)F)cc(C(F)(F)F)c2)c2c(F)cccc2F)CC1. The van der Waals surface area contributed by atoms with Crippen LogP contribution in [0.15, 0.2) is 36.4 Å². The summed E-state index contributed by atoms with van der Waals surface area (Å²) in [5, 5.41) is 0. The number of carbonyl (C=O) groups is 1. The number of nitrogens with zero attached hydrogens (tertiary/aromatic N) is 2. The number of halogens is 8. The van der Waals surface area contributed by atoms with Crippen molar-refractivity contribution >= 4 is 11.6 Å². The highest BCUT2D eigenvalue weighted by atomic mass is 19.4. The minimum absolute atomic E-state index is 0.0608. The third kappa shape index (κ3) is 5.95. The average Bonchev–Trinajstić information content (AvgIpc) is 2.74. The van der Waals surface area contributed by atoms with E-state index in [1.807, 2.05) is 22.8 Å². The molecule has 2 aromatic rings. The number of rotatable bonds is 5. The van der Waals surface area contributed by atoms with Crippen LogP contribution in [-0.2, 0) is 17.1 Å². The van der Waals surface area contributed by atoms with Crippen molar-refractivity contribution in [2.45, 2.75) is 18.4 Å². The lowest BCUT2D eigenvalue weighted by Crippen LogP contribution is -2.51. The van der Waals surface area contributed by atoms with Crippen LogP contribution in [0.4, 0.5) is 40.8 Å². The Morgan fingerprint density at radius 1 is 0.882 bits per heavy atom. The number of hydrazine groups is 1. The van der Waals surface area contributed by atoms with Crippen LogP contribution in [0.3, 0.4) is 0 Å². The maximum atomic E-state index is 14.5. The molecule has 1 saturated heterocycles. The van der Waals surface area contributed by atoms with Crippen LogP contribution >= 0.6 is 0 Å². The summed E-state index contributed by atoms with van der Waals surface area (Å²) in [5.41, 5.74) is -0.430. The summed E-state index contributed by atoms with van der Waals surface area (Å²) in [4.78, 5) is 16.4. The van der Waals surface area contributed by atoms with Crippen molar-refractivity contribution in [2.24, 2.45) is 0 Å². The molecule has 0 saturated carbocycles. The predicted molar refractivity (Wildman–Crippen MR) is 106 cm³/mol. The molecule has 1 fully saturated rings. The van der Waals surface area contributed by atoms with Crippen molar-refractivity contribution in [3.05, 3.63) is 64.7 Å². The minimum Gasteiger partial charge on any atom is -0.304 e. The molecule has 1 heterocycles. The summed E-state index contributed by atoms with van der Waals surface area (Å²) in [5.74, 6) is -3.09. The van der Waals surface area contributed by atoms with Crippen LogP contribution in [0.5, 0.6) is 0 Å². The van der Waals surface area contributed by atoms with Crippen molar-refractivity contribution in [2.75, 3.05) is 38.7 Å². The number of hydrogen-bond acceptors (Lipinski definition) is 4. The Morgan fingerprint density at radius 3 is 1.85 bits per heavy atom. The van der Waals surface area contributed by atoms with Gasteiger partial charge in [-0.1, -0.05) is 6.07 Å². The quantitative estimate of drug-likeness (QED) is 0.475. The molecule has 0 bridgehead atoms. The highest BCUT2D eigenvalue weighted by molar-refractivity contribution is 5.84. The fourth-order valence-corrected chi connectivity index (χ4v) is 3.56. The summed E-state index contributed by atoms with van der Waals surface area (Å²) in [6, 6.07) is 2.18. The van der Waals surface area contributed by atoms with E-state index in [2.05, 4.69) is 0 Å². The van der Waals surface area contributed by atoms with Crippen LogP contribution in [0.2, 0.25) is 0 Å². The van der Waals surface area contributed by atoms with Gasteiger partial charge in [0.1, 0.15) is 17.7 Å². The number of likely N-dealkylation sites (N-methyl/N-ethyl adjacent to an activating group) is 1. The van der Waals surface area contributed by atoms with Gasteiger partial charge in [0, 0.05) is 26.2 Å². The third-order valence-corrected chi connectivity index (χ3v) is 5.34. The maximum absolute atomic E-state index is 14.5. The standard InChI is InChI=1S/C21H20F8N4O/c1-32-5-7-33(8-6-32)18(17-15(22)3-2-4-16(17)23)19(34)31-30-14-10-12(20(24,25)26)9-13(11-14)21(27,28)29/h2-4,9-11,18,30H,5-8H2,1H3,(H,31,34). The first-order chi connectivity index (χ1) is 15.8. The fourth-order valence-electron chi connectivity index (χ4n) is 3.56. The average molecular weight is 496 g/mol. The number of anilines is 1. The van der Waals surface area contributed by atoms with E-state index < -0.39 is 58.3 Å². The number of nitrogens with one attached hydrogen (secondary N) is 2. The van der Waals surface area contributed by atoms with Crippen molar-refractivity contribution in [3.8, 4) is 0 Å². The number of alkyl halides is 6. The second-order valence-corrected chi connectivity index (χ2v) is 7.79. The van der Waals surface area contributed by atoms with Gasteiger partial charge in [-0.15, -0.1) is 0 Å². The number of carbonyl (C=O) groups excluding carboxylic acids is 1. The Hall–Kier alpha value is -2.93. The zero-order valence-electron chi connectivity index (χ0n) is 17.7. The minimum atomic E-state index is -5.08. The molecular formula is C21H20F8N4O. The molecule has 1 aliphatic heterocycles. The van der Waals surface area contributed by atoms with Gasteiger partial charge in [0.25, 0.3) is 5.91 Å². The first-order valence-corrected chi connectivity index (χ1v) is 9.99. The van der Waals surface area contributed by atoms with Gasteiger partial charge in [-0.3, -0.25) is 20.5 Å². The summed E-state index contributed by atoms with van der Waals surface area (Å²) < 4.78 is 107. The second kappa shape index (κ2) is 9.74. The van der Waals surface area contributed by atoms with E-state index in [0.29, 0.717) is 25.2 Å².